The zero-order valence-electron chi connectivity index (χ0n) is 52.4. The summed E-state index contributed by atoms with van der Waals surface area (Å²) in [6.07, 6.45) is 87.5. The first-order valence-corrected chi connectivity index (χ1v) is 34.9. The molecule has 458 valence electrons. The van der Waals surface area contributed by atoms with Crippen LogP contribution in [0.25, 0.3) is 0 Å². The molecule has 0 heterocycles. The molecule has 0 aromatic heterocycles. The van der Waals surface area contributed by atoms with Crippen molar-refractivity contribution in [1.29, 1.82) is 0 Å². The molecule has 0 aliphatic heterocycles. The highest BCUT2D eigenvalue weighted by Gasteiger charge is 2.18. The zero-order valence-corrected chi connectivity index (χ0v) is 52.4. The molecule has 0 bridgehead atoms. The average molecular weight is 1090 g/mol. The highest BCUT2D eigenvalue weighted by molar-refractivity contribution is 5.76. The van der Waals surface area contributed by atoms with Gasteiger partial charge in [0.15, 0.2) is 0 Å². The molecule has 0 aromatic carbocycles. The number of carbonyl (C=O) groups excluding carboxylic acids is 2. The van der Waals surface area contributed by atoms with Crippen molar-refractivity contribution in [3.05, 3.63) is 48.6 Å². The molecule has 0 fully saturated rings. The Bertz CT molecular complexity index is 1310. The molecule has 0 aliphatic carbocycles. The van der Waals surface area contributed by atoms with Gasteiger partial charge in [0.1, 0.15) is 0 Å². The topological polar surface area (TPSA) is 95.9 Å². The molecular weight excluding hydrogens is 959 g/mol. The number of aliphatic hydroxyl groups is 2. The Labute approximate surface area is 486 Å². The second-order valence-corrected chi connectivity index (χ2v) is 23.9. The van der Waals surface area contributed by atoms with Gasteiger partial charge in [0.05, 0.1) is 25.4 Å². The van der Waals surface area contributed by atoms with Crippen molar-refractivity contribution >= 4 is 11.9 Å². The van der Waals surface area contributed by atoms with Crippen LogP contribution in [-0.4, -0.2) is 47.4 Å². The normalized spacial score (nSPS) is 12.8. The number of allylic oxidation sites excluding steroid dienone is 7. The molecule has 0 aromatic rings. The van der Waals surface area contributed by atoms with E-state index in [9.17, 15) is 19.8 Å². The van der Waals surface area contributed by atoms with Gasteiger partial charge < -0.3 is 20.3 Å². The number of aliphatic hydroxyl groups excluding tert-OH is 2. The van der Waals surface area contributed by atoms with Crippen LogP contribution in [0.3, 0.4) is 0 Å². The summed E-state index contributed by atoms with van der Waals surface area (Å²) in [5, 5.41) is 23.2. The van der Waals surface area contributed by atoms with Crippen molar-refractivity contribution in [2.45, 2.75) is 386 Å². The lowest BCUT2D eigenvalue weighted by molar-refractivity contribution is -0.143. The first-order chi connectivity index (χ1) is 38.5. The Balaban J connectivity index is 3.42. The van der Waals surface area contributed by atoms with E-state index >= 15 is 0 Å². The smallest absolute Gasteiger partial charge is 0.305 e. The monoisotopic (exact) mass is 1090 g/mol. The van der Waals surface area contributed by atoms with Crippen molar-refractivity contribution in [2.75, 3.05) is 13.2 Å². The predicted molar refractivity (Wildman–Crippen MR) is 342 cm³/mol. The molecule has 2 unspecified atom stereocenters. The summed E-state index contributed by atoms with van der Waals surface area (Å²) in [7, 11) is 0. The molecule has 0 aliphatic rings. The van der Waals surface area contributed by atoms with Crippen LogP contribution < -0.4 is 5.32 Å². The molecule has 6 heteroatoms. The summed E-state index contributed by atoms with van der Waals surface area (Å²) in [6, 6.07) is -0.632. The average Bonchev–Trinajstić information content (AvgIpc) is 3.44. The van der Waals surface area contributed by atoms with Gasteiger partial charge >= 0.3 is 5.97 Å². The minimum atomic E-state index is -0.848. The lowest BCUT2D eigenvalue weighted by atomic mass is 10.0. The maximum absolute atomic E-state index is 12.5. The minimum absolute atomic E-state index is 0.00541. The van der Waals surface area contributed by atoms with Gasteiger partial charge in [-0.15, -0.1) is 0 Å². The van der Waals surface area contributed by atoms with Gasteiger partial charge in [0.25, 0.3) is 0 Å². The number of esters is 1. The third-order valence-electron chi connectivity index (χ3n) is 16.1. The first-order valence-electron chi connectivity index (χ1n) is 34.9. The summed E-state index contributed by atoms with van der Waals surface area (Å²) in [4.78, 5) is 24.6. The van der Waals surface area contributed by atoms with E-state index in [0.29, 0.717) is 19.4 Å². The molecule has 2 atom stereocenters. The van der Waals surface area contributed by atoms with Crippen LogP contribution in [0.2, 0.25) is 0 Å². The van der Waals surface area contributed by atoms with Gasteiger partial charge in [-0.25, -0.2) is 0 Å². The summed E-state index contributed by atoms with van der Waals surface area (Å²) < 4.78 is 5.49. The molecule has 78 heavy (non-hydrogen) atoms. The summed E-state index contributed by atoms with van der Waals surface area (Å²) in [6.45, 7) is 4.90. The van der Waals surface area contributed by atoms with Gasteiger partial charge in [0, 0.05) is 12.8 Å². The summed E-state index contributed by atoms with van der Waals surface area (Å²) >= 11 is 0. The third-order valence-corrected chi connectivity index (χ3v) is 16.1. The van der Waals surface area contributed by atoms with E-state index in [0.717, 1.165) is 51.4 Å². The molecule has 0 spiro atoms. The number of unbranched alkanes of at least 4 members (excludes halogenated alkanes) is 48. The lowest BCUT2D eigenvalue weighted by Gasteiger charge is -2.20. The van der Waals surface area contributed by atoms with Gasteiger partial charge in [-0.2, -0.15) is 0 Å². The molecule has 0 saturated heterocycles. The Hall–Kier alpha value is -2.18. The number of rotatable bonds is 65. The van der Waals surface area contributed by atoms with Gasteiger partial charge in [-0.05, 0) is 89.9 Å². The van der Waals surface area contributed by atoms with Gasteiger partial charge in [-0.3, -0.25) is 9.59 Å². The summed E-state index contributed by atoms with van der Waals surface area (Å²) in [5.41, 5.74) is 0. The maximum Gasteiger partial charge on any atom is 0.305 e. The van der Waals surface area contributed by atoms with E-state index in [1.54, 1.807) is 6.08 Å². The van der Waals surface area contributed by atoms with Gasteiger partial charge in [-0.1, -0.05) is 319 Å². The predicted octanol–water partition coefficient (Wildman–Crippen LogP) is 22.5. The molecule has 6 nitrogen and oxygen atoms in total. The standard InChI is InChI=1S/C72H135NO5/c1-3-5-7-9-11-13-15-17-19-21-29-33-36-40-44-48-52-56-60-64-70(75)69(68-74)73-71(76)65-61-57-53-49-45-41-37-34-30-27-25-23-22-24-26-28-31-35-39-43-47-51-55-59-63-67-78-72(77)66-62-58-54-50-46-42-38-32-20-18-16-14-12-10-8-6-4-2/h12,14,18,20,23,25,60,64,69-70,74-75H,3-11,13,15-17,19,21-22,24,26-59,61-63,65-68H2,1-2H3,(H,73,76)/b14-12-,20-18-,25-23-,64-60+. The van der Waals surface area contributed by atoms with Crippen molar-refractivity contribution in [1.82, 2.24) is 5.32 Å². The summed E-state index contributed by atoms with van der Waals surface area (Å²) in [5.74, 6) is -0.0632. The van der Waals surface area contributed by atoms with E-state index in [-0.39, 0.29) is 18.5 Å². The first kappa shape index (κ1) is 75.8. The highest BCUT2D eigenvalue weighted by Crippen LogP contribution is 2.18. The van der Waals surface area contributed by atoms with E-state index in [1.807, 2.05) is 6.08 Å². The van der Waals surface area contributed by atoms with E-state index < -0.39 is 12.1 Å². The number of nitrogens with one attached hydrogen (secondary N) is 1. The molecule has 3 N–H and O–H groups in total. The fraction of sp³-hybridized carbons (Fsp3) is 0.861. The van der Waals surface area contributed by atoms with Crippen LogP contribution in [0.5, 0.6) is 0 Å². The van der Waals surface area contributed by atoms with Crippen molar-refractivity contribution in [3.63, 3.8) is 0 Å². The number of hydrogen-bond donors (Lipinski definition) is 3. The molecule has 0 radical (unpaired) electrons. The minimum Gasteiger partial charge on any atom is -0.466 e. The highest BCUT2D eigenvalue weighted by atomic mass is 16.5. The van der Waals surface area contributed by atoms with E-state index in [1.165, 1.54) is 295 Å². The van der Waals surface area contributed by atoms with Gasteiger partial charge in [0.2, 0.25) is 5.91 Å². The molecule has 0 saturated carbocycles. The fourth-order valence-corrected chi connectivity index (χ4v) is 10.7. The van der Waals surface area contributed by atoms with Crippen LogP contribution >= 0.6 is 0 Å². The van der Waals surface area contributed by atoms with Crippen LogP contribution in [0.1, 0.15) is 373 Å². The Kier molecular flexibility index (Phi) is 65.4. The number of carbonyl (C=O) groups is 2. The second kappa shape index (κ2) is 67.3. The Morgan fingerprint density at radius 2 is 0.641 bits per heavy atom. The number of amides is 1. The molecule has 0 rings (SSSR count). The van der Waals surface area contributed by atoms with Crippen molar-refractivity contribution < 1.29 is 24.5 Å². The maximum atomic E-state index is 12.5. The Morgan fingerprint density at radius 3 is 1.01 bits per heavy atom. The second-order valence-electron chi connectivity index (χ2n) is 23.9. The van der Waals surface area contributed by atoms with E-state index in [2.05, 4.69) is 55.6 Å². The molecular formula is C72H135NO5. The third kappa shape index (κ3) is 63.0. The number of hydrogen-bond acceptors (Lipinski definition) is 5. The van der Waals surface area contributed by atoms with Crippen LogP contribution in [0.4, 0.5) is 0 Å². The van der Waals surface area contributed by atoms with Crippen LogP contribution in [0, 0.1) is 0 Å². The largest absolute Gasteiger partial charge is 0.466 e. The fourth-order valence-electron chi connectivity index (χ4n) is 10.7. The SMILES string of the molecule is CCCCC/C=C\C/C=C\CCCCCCCCCC(=O)OCCCCCCCCCCCCCC/C=C\CCCCCCCCCCCC(=O)NC(CO)C(O)/C=C/CCCCCCCCCCCCCCCCCCC. The molecule has 1 amide bonds. The van der Waals surface area contributed by atoms with Crippen molar-refractivity contribution in [2.24, 2.45) is 0 Å². The van der Waals surface area contributed by atoms with Crippen molar-refractivity contribution in [3.8, 4) is 0 Å². The lowest BCUT2D eigenvalue weighted by Crippen LogP contribution is -2.45. The van der Waals surface area contributed by atoms with Crippen LogP contribution in [-0.2, 0) is 14.3 Å². The number of ether oxygens (including phenoxy) is 1. The Morgan fingerprint density at radius 1 is 0.359 bits per heavy atom. The zero-order chi connectivity index (χ0) is 56.4. The quantitative estimate of drug-likeness (QED) is 0.0320. The van der Waals surface area contributed by atoms with E-state index in [4.69, 9.17) is 4.74 Å². The van der Waals surface area contributed by atoms with Crippen LogP contribution in [0.15, 0.2) is 48.6 Å².